The largest absolute Gasteiger partial charge is 0.328 e. The number of nitrogens with zero attached hydrogens (tertiary/aromatic N) is 6. The third kappa shape index (κ3) is 4.21. The minimum Gasteiger partial charge on any atom is -0.293 e. The van der Waals surface area contributed by atoms with Gasteiger partial charge in [-0.05, 0) is 43.3 Å². The van der Waals surface area contributed by atoms with Crippen molar-refractivity contribution in [2.45, 2.75) is 38.4 Å². The molecular weight excluding hydrogens is 418 g/mol. The van der Waals surface area contributed by atoms with E-state index in [1.54, 1.807) is 15.6 Å². The molecule has 5 heterocycles. The van der Waals surface area contributed by atoms with Gasteiger partial charge in [-0.2, -0.15) is 5.10 Å². The van der Waals surface area contributed by atoms with Gasteiger partial charge in [0.05, 0.1) is 17.4 Å². The van der Waals surface area contributed by atoms with Gasteiger partial charge in [-0.1, -0.05) is 12.2 Å². The fraction of sp³-hybridized carbons (Fsp3) is 0.417. The van der Waals surface area contributed by atoms with E-state index >= 15 is 0 Å². The number of pyridine rings is 1. The second-order valence-electron chi connectivity index (χ2n) is 8.94. The molecule has 3 amide bonds. The zero-order valence-electron chi connectivity index (χ0n) is 18.9. The first-order chi connectivity index (χ1) is 16.1. The van der Waals surface area contributed by atoms with Gasteiger partial charge in [0.2, 0.25) is 5.91 Å². The molecule has 2 bridgehead atoms. The molecule has 33 heavy (non-hydrogen) atoms. The molecular formula is C24H29N7O2. The Balaban J connectivity index is 1.27. The highest BCUT2D eigenvalue weighted by molar-refractivity contribution is 6.07. The molecule has 0 spiro atoms. The Labute approximate surface area is 193 Å². The Morgan fingerprint density at radius 3 is 2.85 bits per heavy atom. The van der Waals surface area contributed by atoms with Crippen molar-refractivity contribution in [3.8, 4) is 0 Å². The van der Waals surface area contributed by atoms with Gasteiger partial charge in [0.1, 0.15) is 0 Å². The number of aliphatic imine (C=N–C) groups is 1. The molecule has 1 N–H and O–H groups in total. The number of aromatic nitrogens is 2. The van der Waals surface area contributed by atoms with Crippen molar-refractivity contribution >= 4 is 29.9 Å². The summed E-state index contributed by atoms with van der Waals surface area (Å²) in [6.45, 7) is 9.86. The summed E-state index contributed by atoms with van der Waals surface area (Å²) in [4.78, 5) is 34.5. The van der Waals surface area contributed by atoms with Gasteiger partial charge in [-0.3, -0.25) is 29.8 Å². The number of likely N-dealkylation sites (tertiary alicyclic amines) is 2. The van der Waals surface area contributed by atoms with Gasteiger partial charge in [0.15, 0.2) is 0 Å². The molecule has 0 saturated carbocycles. The monoisotopic (exact) mass is 447 g/mol. The minimum absolute atomic E-state index is 0.236. The third-order valence-corrected chi connectivity index (χ3v) is 6.79. The molecule has 0 aromatic carbocycles. The molecule has 9 nitrogen and oxygen atoms in total. The number of piperazine rings is 1. The summed E-state index contributed by atoms with van der Waals surface area (Å²) in [6.07, 6.45) is 11.1. The SMILES string of the molecule is C=N/C=C(\C=C/C)CN1C[C@H]2C[C@@H]1CN2Cc1ccn2ncc(N3CCC(=O)NC3=O)c2c1. The van der Waals surface area contributed by atoms with Crippen molar-refractivity contribution < 1.29 is 9.59 Å². The zero-order chi connectivity index (χ0) is 22.9. The second-order valence-corrected chi connectivity index (χ2v) is 8.94. The summed E-state index contributed by atoms with van der Waals surface area (Å²) in [5.41, 5.74) is 3.99. The first-order valence-electron chi connectivity index (χ1n) is 11.4. The van der Waals surface area contributed by atoms with E-state index in [1.807, 2.05) is 25.4 Å². The number of hydrogen-bond acceptors (Lipinski definition) is 6. The van der Waals surface area contributed by atoms with Gasteiger partial charge in [-0.15, -0.1) is 0 Å². The van der Waals surface area contributed by atoms with Crippen molar-refractivity contribution in [2.24, 2.45) is 4.99 Å². The Bertz CT molecular complexity index is 1150. The van der Waals surface area contributed by atoms with Crippen LogP contribution in [-0.4, -0.2) is 76.3 Å². The number of urea groups is 1. The van der Waals surface area contributed by atoms with E-state index in [-0.39, 0.29) is 11.9 Å². The number of rotatable bonds is 7. The Morgan fingerprint density at radius 2 is 2.12 bits per heavy atom. The minimum atomic E-state index is -0.388. The standard InChI is InChI=1S/C24H29N7O2/c1-3-4-18(11-25-2)14-29-16-19-10-20(29)15-28(19)13-17-5-8-31-21(9-17)22(12-26-31)30-7-6-23(32)27-24(30)33/h3-5,8-9,11-12,19-20H,2,6-7,10,13-16H2,1H3,(H,27,32,33)/b4-3-,18-11+/t19-,20-/m1/s1. The van der Waals surface area contributed by atoms with Crippen molar-refractivity contribution in [1.82, 2.24) is 24.7 Å². The van der Waals surface area contributed by atoms with Crippen molar-refractivity contribution in [1.29, 1.82) is 0 Å². The highest BCUT2D eigenvalue weighted by Crippen LogP contribution is 2.33. The zero-order valence-corrected chi connectivity index (χ0v) is 18.9. The number of imide groups is 1. The maximum atomic E-state index is 12.3. The number of carbonyl (C=O) groups is 2. The van der Waals surface area contributed by atoms with Gasteiger partial charge in [-0.25, -0.2) is 9.31 Å². The van der Waals surface area contributed by atoms with Crippen LogP contribution in [-0.2, 0) is 11.3 Å². The number of nitrogens with one attached hydrogen (secondary N) is 1. The molecule has 3 aliphatic heterocycles. The molecule has 2 aromatic heterocycles. The molecule has 5 rings (SSSR count). The summed E-state index contributed by atoms with van der Waals surface area (Å²) < 4.78 is 1.78. The van der Waals surface area contributed by atoms with Crippen LogP contribution in [0.3, 0.4) is 0 Å². The summed E-state index contributed by atoms with van der Waals surface area (Å²) >= 11 is 0. The van der Waals surface area contributed by atoms with E-state index in [0.29, 0.717) is 25.0 Å². The quantitative estimate of drug-likeness (QED) is 0.520. The Morgan fingerprint density at radius 1 is 1.30 bits per heavy atom. The van der Waals surface area contributed by atoms with Crippen LogP contribution in [0.15, 0.2) is 53.4 Å². The van der Waals surface area contributed by atoms with Crippen LogP contribution < -0.4 is 10.2 Å². The van der Waals surface area contributed by atoms with Crippen LogP contribution in [0.1, 0.15) is 25.3 Å². The summed E-state index contributed by atoms with van der Waals surface area (Å²) in [5.74, 6) is -0.236. The summed E-state index contributed by atoms with van der Waals surface area (Å²) in [6, 6.07) is 4.91. The fourth-order valence-corrected chi connectivity index (χ4v) is 5.27. The summed E-state index contributed by atoms with van der Waals surface area (Å²) in [5, 5.41) is 6.78. The average Bonchev–Trinajstić information content (AvgIpc) is 3.48. The third-order valence-electron chi connectivity index (χ3n) is 6.79. The predicted molar refractivity (Wildman–Crippen MR) is 127 cm³/mol. The highest BCUT2D eigenvalue weighted by atomic mass is 16.2. The van der Waals surface area contributed by atoms with E-state index in [4.69, 9.17) is 0 Å². The fourth-order valence-electron chi connectivity index (χ4n) is 5.27. The van der Waals surface area contributed by atoms with Crippen LogP contribution in [0.25, 0.3) is 5.52 Å². The normalized spacial score (nSPS) is 24.4. The van der Waals surface area contributed by atoms with Crippen LogP contribution in [0.2, 0.25) is 0 Å². The van der Waals surface area contributed by atoms with E-state index in [2.05, 4.69) is 50.1 Å². The number of allylic oxidation sites excluding steroid dienone is 1. The van der Waals surface area contributed by atoms with E-state index in [9.17, 15) is 9.59 Å². The first kappa shape index (κ1) is 21.5. The molecule has 0 unspecified atom stereocenters. The van der Waals surface area contributed by atoms with Crippen LogP contribution >= 0.6 is 0 Å². The number of amides is 3. The number of carbonyl (C=O) groups excluding carboxylic acids is 2. The lowest BCUT2D eigenvalue weighted by Crippen LogP contribution is -2.49. The Hall–Kier alpha value is -3.30. The van der Waals surface area contributed by atoms with Gasteiger partial charge >= 0.3 is 6.03 Å². The summed E-state index contributed by atoms with van der Waals surface area (Å²) in [7, 11) is 0. The lowest BCUT2D eigenvalue weighted by atomic mass is 10.1. The van der Waals surface area contributed by atoms with E-state index in [0.717, 1.165) is 37.4 Å². The lowest BCUT2D eigenvalue weighted by molar-refractivity contribution is -0.120. The van der Waals surface area contributed by atoms with Crippen LogP contribution in [0.5, 0.6) is 0 Å². The number of fused-ring (bicyclic) bond motifs is 3. The molecule has 0 radical (unpaired) electrons. The maximum Gasteiger partial charge on any atom is 0.328 e. The van der Waals surface area contributed by atoms with Crippen molar-refractivity contribution in [2.75, 3.05) is 31.1 Å². The van der Waals surface area contributed by atoms with Crippen molar-refractivity contribution in [3.63, 3.8) is 0 Å². The molecule has 2 aromatic rings. The molecule has 0 aliphatic carbocycles. The number of anilines is 1. The lowest BCUT2D eigenvalue weighted by Gasteiger charge is -2.34. The van der Waals surface area contributed by atoms with Gasteiger partial charge in [0.25, 0.3) is 0 Å². The maximum absolute atomic E-state index is 12.3. The molecule has 3 saturated heterocycles. The van der Waals surface area contributed by atoms with Crippen LogP contribution in [0, 0.1) is 0 Å². The van der Waals surface area contributed by atoms with Crippen molar-refractivity contribution in [3.05, 3.63) is 54.0 Å². The second kappa shape index (κ2) is 8.92. The smallest absolute Gasteiger partial charge is 0.293 e. The molecule has 3 fully saturated rings. The molecule has 3 aliphatic rings. The average molecular weight is 448 g/mol. The predicted octanol–water partition coefficient (Wildman–Crippen LogP) is 2.20. The van der Waals surface area contributed by atoms with E-state index in [1.165, 1.54) is 17.6 Å². The van der Waals surface area contributed by atoms with Gasteiger partial charge < -0.3 is 0 Å². The topological polar surface area (TPSA) is 85.6 Å². The molecule has 172 valence electrons. The van der Waals surface area contributed by atoms with Gasteiger partial charge in [0, 0.05) is 63.6 Å². The van der Waals surface area contributed by atoms with Crippen LogP contribution in [0.4, 0.5) is 10.5 Å². The number of hydrogen-bond donors (Lipinski definition) is 1. The Kier molecular flexibility index (Phi) is 5.82. The molecule has 9 heteroatoms. The van der Waals surface area contributed by atoms with E-state index < -0.39 is 0 Å². The molecule has 2 atom stereocenters. The highest BCUT2D eigenvalue weighted by Gasteiger charge is 2.42. The first-order valence-corrected chi connectivity index (χ1v) is 11.4.